The van der Waals surface area contributed by atoms with Gasteiger partial charge in [-0.25, -0.2) is 9.18 Å². The lowest BCUT2D eigenvalue weighted by atomic mass is 10.1. The molecule has 0 unspecified atom stereocenters. The van der Waals surface area contributed by atoms with Gasteiger partial charge in [0.2, 0.25) is 0 Å². The van der Waals surface area contributed by atoms with Crippen molar-refractivity contribution in [2.45, 2.75) is 0 Å². The molecule has 0 aliphatic heterocycles. The number of carbonyl (C=O) groups is 2. The van der Waals surface area contributed by atoms with E-state index < -0.39 is 23.4 Å². The third-order valence-electron chi connectivity index (χ3n) is 3.80. The molecule has 0 aliphatic carbocycles. The second kappa shape index (κ2) is 7.01. The molecular formula is C19H13ClFNO4. The number of carbonyl (C=O) groups excluding carboxylic acids is 2. The summed E-state index contributed by atoms with van der Waals surface area (Å²) in [6.07, 6.45) is 0. The highest BCUT2D eigenvalue weighted by atomic mass is 35.5. The predicted octanol–water partition coefficient (Wildman–Crippen LogP) is 4.38. The van der Waals surface area contributed by atoms with Gasteiger partial charge in [0.1, 0.15) is 0 Å². The van der Waals surface area contributed by atoms with Crippen LogP contribution in [0.15, 0.2) is 48.5 Å². The molecule has 0 bridgehead atoms. The van der Waals surface area contributed by atoms with E-state index in [1.165, 1.54) is 0 Å². The first-order valence-corrected chi connectivity index (χ1v) is 7.88. The lowest BCUT2D eigenvalue weighted by molar-refractivity contribution is 0.0601. The van der Waals surface area contributed by atoms with Crippen LogP contribution >= 0.6 is 11.6 Å². The first kappa shape index (κ1) is 17.7. The Hall–Kier alpha value is -3.12. The van der Waals surface area contributed by atoms with Crippen molar-refractivity contribution < 1.29 is 23.8 Å². The lowest BCUT2D eigenvalue weighted by Crippen LogP contribution is -2.15. The highest BCUT2D eigenvalue weighted by Gasteiger charge is 2.18. The fourth-order valence-corrected chi connectivity index (χ4v) is 2.68. The van der Waals surface area contributed by atoms with Gasteiger partial charge >= 0.3 is 5.97 Å². The zero-order valence-electron chi connectivity index (χ0n) is 13.5. The number of phenolic OH excluding ortho intramolecular Hbond substituents is 1. The summed E-state index contributed by atoms with van der Waals surface area (Å²) in [5.41, 5.74) is 0.0461. The number of nitrogens with one attached hydrogen (secondary N) is 1. The Morgan fingerprint density at radius 1 is 1.08 bits per heavy atom. The van der Waals surface area contributed by atoms with Crippen molar-refractivity contribution in [2.75, 3.05) is 12.4 Å². The summed E-state index contributed by atoms with van der Waals surface area (Å²) >= 11 is 5.94. The van der Waals surface area contributed by atoms with E-state index in [4.69, 9.17) is 11.6 Å². The quantitative estimate of drug-likeness (QED) is 0.528. The van der Waals surface area contributed by atoms with E-state index in [2.05, 4.69) is 10.1 Å². The van der Waals surface area contributed by atoms with Gasteiger partial charge in [-0.2, -0.15) is 0 Å². The van der Waals surface area contributed by atoms with E-state index in [-0.39, 0.29) is 11.3 Å². The highest BCUT2D eigenvalue weighted by molar-refractivity contribution is 6.31. The molecule has 0 aliphatic rings. The minimum absolute atomic E-state index is 0.103. The molecule has 2 N–H and O–H groups in total. The largest absolute Gasteiger partial charge is 0.505 e. The van der Waals surface area contributed by atoms with E-state index in [1.54, 1.807) is 36.4 Å². The lowest BCUT2D eigenvalue weighted by Gasteiger charge is -2.11. The smallest absolute Gasteiger partial charge is 0.340 e. The van der Waals surface area contributed by atoms with Gasteiger partial charge in [0.25, 0.3) is 5.91 Å². The van der Waals surface area contributed by atoms with Crippen LogP contribution in [0.1, 0.15) is 20.7 Å². The number of amides is 1. The Kier molecular flexibility index (Phi) is 4.77. The van der Waals surface area contributed by atoms with Gasteiger partial charge in [-0.1, -0.05) is 23.7 Å². The highest BCUT2D eigenvalue weighted by Crippen LogP contribution is 2.27. The van der Waals surface area contributed by atoms with Crippen molar-refractivity contribution in [3.8, 4) is 5.75 Å². The van der Waals surface area contributed by atoms with Gasteiger partial charge in [-0.3, -0.25) is 4.79 Å². The molecule has 26 heavy (non-hydrogen) atoms. The molecule has 3 aromatic carbocycles. The van der Waals surface area contributed by atoms with Crippen LogP contribution in [-0.4, -0.2) is 24.1 Å². The van der Waals surface area contributed by atoms with Gasteiger partial charge in [-0.15, -0.1) is 0 Å². The minimum atomic E-state index is -0.971. The van der Waals surface area contributed by atoms with Crippen molar-refractivity contribution in [3.05, 3.63) is 70.5 Å². The predicted molar refractivity (Wildman–Crippen MR) is 96.3 cm³/mol. The van der Waals surface area contributed by atoms with Crippen LogP contribution in [-0.2, 0) is 4.74 Å². The van der Waals surface area contributed by atoms with E-state index in [0.717, 1.165) is 30.0 Å². The second-order valence-corrected chi connectivity index (χ2v) is 5.94. The maximum absolute atomic E-state index is 13.7. The van der Waals surface area contributed by atoms with Gasteiger partial charge in [0, 0.05) is 16.7 Å². The van der Waals surface area contributed by atoms with Crippen LogP contribution in [0.25, 0.3) is 10.8 Å². The average Bonchev–Trinajstić information content (AvgIpc) is 2.63. The third kappa shape index (κ3) is 3.45. The number of esters is 1. The number of fused-ring (bicyclic) bond motifs is 1. The minimum Gasteiger partial charge on any atom is -0.505 e. The van der Waals surface area contributed by atoms with Crippen molar-refractivity contribution in [3.63, 3.8) is 0 Å². The van der Waals surface area contributed by atoms with Gasteiger partial charge in [-0.05, 0) is 41.1 Å². The second-order valence-electron chi connectivity index (χ2n) is 5.50. The Bertz CT molecular complexity index is 1040. The molecule has 5 nitrogen and oxygen atoms in total. The first-order chi connectivity index (χ1) is 12.4. The van der Waals surface area contributed by atoms with Crippen molar-refractivity contribution in [1.82, 2.24) is 0 Å². The molecule has 0 radical (unpaired) electrons. The molecule has 0 heterocycles. The summed E-state index contributed by atoms with van der Waals surface area (Å²) in [6.45, 7) is 0. The van der Waals surface area contributed by atoms with Gasteiger partial charge in [0.05, 0.1) is 18.4 Å². The third-order valence-corrected chi connectivity index (χ3v) is 4.04. The number of methoxy groups -OCH3 is 1. The Balaban J connectivity index is 1.96. The summed E-state index contributed by atoms with van der Waals surface area (Å²) in [5.74, 6) is -3.05. The summed E-state index contributed by atoms with van der Waals surface area (Å²) in [7, 11) is 1.14. The summed E-state index contributed by atoms with van der Waals surface area (Å²) in [4.78, 5) is 24.3. The topological polar surface area (TPSA) is 75.6 Å². The molecule has 0 aromatic heterocycles. The van der Waals surface area contributed by atoms with Crippen molar-refractivity contribution >= 4 is 39.9 Å². The van der Waals surface area contributed by atoms with Crippen LogP contribution in [0.4, 0.5) is 10.1 Å². The Morgan fingerprint density at radius 3 is 2.50 bits per heavy atom. The number of hydrogen-bond acceptors (Lipinski definition) is 4. The summed E-state index contributed by atoms with van der Waals surface area (Å²) in [5, 5.41) is 14.2. The zero-order chi connectivity index (χ0) is 18.8. The fraction of sp³-hybridized carbons (Fsp3) is 0.0526. The number of aromatic hydroxyl groups is 1. The van der Waals surface area contributed by atoms with Crippen LogP contribution in [0.5, 0.6) is 5.75 Å². The Morgan fingerprint density at radius 2 is 1.77 bits per heavy atom. The van der Waals surface area contributed by atoms with E-state index in [0.29, 0.717) is 10.6 Å². The monoisotopic (exact) mass is 373 g/mol. The van der Waals surface area contributed by atoms with Crippen molar-refractivity contribution in [2.24, 2.45) is 0 Å². The number of benzene rings is 3. The maximum atomic E-state index is 13.7. The van der Waals surface area contributed by atoms with Crippen LogP contribution < -0.4 is 5.32 Å². The van der Waals surface area contributed by atoms with E-state index in [9.17, 15) is 19.1 Å². The molecule has 1 amide bonds. The summed E-state index contributed by atoms with van der Waals surface area (Å²) in [6, 6.07) is 12.0. The molecule has 0 saturated carbocycles. The number of rotatable bonds is 3. The molecule has 0 atom stereocenters. The van der Waals surface area contributed by atoms with Gasteiger partial charge in [0.15, 0.2) is 11.6 Å². The standard InChI is InChI=1S/C19H13ClFNO4/c1-26-19(25)14-8-17(23)15(21)9-16(14)22-18(24)12-3-2-11-7-13(20)5-4-10(11)6-12/h2-9,23H,1H3,(H,22,24). The van der Waals surface area contributed by atoms with Gasteiger partial charge < -0.3 is 15.2 Å². The number of ether oxygens (including phenoxy) is 1. The fourth-order valence-electron chi connectivity index (χ4n) is 2.50. The molecule has 3 rings (SSSR count). The molecule has 0 spiro atoms. The Labute approximate surface area is 153 Å². The number of phenols is 1. The average molecular weight is 374 g/mol. The van der Waals surface area contributed by atoms with Crippen LogP contribution in [0.3, 0.4) is 0 Å². The van der Waals surface area contributed by atoms with E-state index >= 15 is 0 Å². The molecule has 3 aromatic rings. The molecule has 132 valence electrons. The van der Waals surface area contributed by atoms with Crippen molar-refractivity contribution in [1.29, 1.82) is 0 Å². The molecular weight excluding hydrogens is 361 g/mol. The van der Waals surface area contributed by atoms with Crippen LogP contribution in [0.2, 0.25) is 5.02 Å². The number of hydrogen-bond donors (Lipinski definition) is 2. The first-order valence-electron chi connectivity index (χ1n) is 7.50. The van der Waals surface area contributed by atoms with Crippen LogP contribution in [0, 0.1) is 5.82 Å². The molecule has 7 heteroatoms. The SMILES string of the molecule is COC(=O)c1cc(O)c(F)cc1NC(=O)c1ccc2cc(Cl)ccc2c1. The zero-order valence-corrected chi connectivity index (χ0v) is 14.3. The van der Waals surface area contributed by atoms with E-state index in [1.807, 2.05) is 0 Å². The molecule has 0 fully saturated rings. The normalized spacial score (nSPS) is 10.6. The maximum Gasteiger partial charge on any atom is 0.340 e. The summed E-state index contributed by atoms with van der Waals surface area (Å²) < 4.78 is 18.3. The number of halogens is 2. The number of anilines is 1. The molecule has 0 saturated heterocycles.